The molecule has 2 heterocycles. The molecule has 2 rings (SSSR count). The van der Waals surface area contributed by atoms with Crippen molar-refractivity contribution in [3.8, 4) is 0 Å². The van der Waals surface area contributed by atoms with E-state index in [1.807, 2.05) is 4.90 Å². The van der Waals surface area contributed by atoms with Crippen molar-refractivity contribution in [2.24, 2.45) is 11.3 Å². The Bertz CT molecular complexity index is 362. The van der Waals surface area contributed by atoms with Crippen LogP contribution >= 0.6 is 0 Å². The van der Waals surface area contributed by atoms with Crippen LogP contribution in [0, 0.1) is 11.3 Å². The van der Waals surface area contributed by atoms with Crippen LogP contribution in [0.25, 0.3) is 0 Å². The van der Waals surface area contributed by atoms with E-state index in [9.17, 15) is 4.79 Å². The van der Waals surface area contributed by atoms with Crippen LogP contribution < -0.4 is 5.32 Å². The Kier molecular flexibility index (Phi) is 5.25. The molecule has 1 saturated heterocycles. The lowest BCUT2D eigenvalue weighted by atomic mass is 9.83. The fraction of sp³-hybridized carbons (Fsp3) is 0.824. The SMILES string of the molecule is CC(C)(C)C1=CCN(C(=O)CCC2CCNCC2)CC1. The number of rotatable bonds is 3. The van der Waals surface area contributed by atoms with Gasteiger partial charge in [0, 0.05) is 19.5 Å². The fourth-order valence-corrected chi connectivity index (χ4v) is 3.23. The van der Waals surface area contributed by atoms with E-state index in [0.717, 1.165) is 51.4 Å². The first-order chi connectivity index (χ1) is 9.47. The molecule has 0 bridgehead atoms. The van der Waals surface area contributed by atoms with Crippen molar-refractivity contribution >= 4 is 5.91 Å². The molecule has 3 heteroatoms. The Balaban J connectivity index is 1.75. The first-order valence-electron chi connectivity index (χ1n) is 8.15. The maximum atomic E-state index is 12.3. The van der Waals surface area contributed by atoms with E-state index in [4.69, 9.17) is 0 Å². The van der Waals surface area contributed by atoms with Crippen molar-refractivity contribution in [2.75, 3.05) is 26.2 Å². The third-order valence-corrected chi connectivity index (χ3v) is 4.75. The van der Waals surface area contributed by atoms with Crippen LogP contribution in [-0.4, -0.2) is 37.0 Å². The maximum Gasteiger partial charge on any atom is 0.222 e. The molecule has 114 valence electrons. The standard InChI is InChI=1S/C17H30N2O/c1-17(2,3)15-8-12-19(13-9-15)16(20)5-4-14-6-10-18-11-7-14/h8,14,18H,4-7,9-13H2,1-3H3. The van der Waals surface area contributed by atoms with E-state index in [0.29, 0.717) is 5.91 Å². The molecular weight excluding hydrogens is 248 g/mol. The van der Waals surface area contributed by atoms with E-state index in [2.05, 4.69) is 32.2 Å². The summed E-state index contributed by atoms with van der Waals surface area (Å²) >= 11 is 0. The lowest BCUT2D eigenvalue weighted by Crippen LogP contribution is -2.37. The normalized spacial score (nSPS) is 21.8. The molecule has 2 aliphatic heterocycles. The highest BCUT2D eigenvalue weighted by Crippen LogP contribution is 2.30. The third kappa shape index (κ3) is 4.34. The molecule has 20 heavy (non-hydrogen) atoms. The molecule has 0 aromatic carbocycles. The number of carbonyl (C=O) groups excluding carboxylic acids is 1. The Hall–Kier alpha value is -0.830. The monoisotopic (exact) mass is 278 g/mol. The van der Waals surface area contributed by atoms with Crippen molar-refractivity contribution in [3.05, 3.63) is 11.6 Å². The minimum absolute atomic E-state index is 0.254. The molecule has 0 aromatic heterocycles. The van der Waals surface area contributed by atoms with Gasteiger partial charge in [-0.05, 0) is 50.1 Å². The molecule has 0 spiro atoms. The number of hydrogen-bond donors (Lipinski definition) is 1. The molecule has 0 radical (unpaired) electrons. The summed E-state index contributed by atoms with van der Waals surface area (Å²) in [5.41, 5.74) is 1.75. The van der Waals surface area contributed by atoms with E-state index in [-0.39, 0.29) is 5.41 Å². The van der Waals surface area contributed by atoms with Crippen LogP contribution in [0.1, 0.15) is 52.9 Å². The quantitative estimate of drug-likeness (QED) is 0.805. The van der Waals surface area contributed by atoms with E-state index in [1.54, 1.807) is 0 Å². The topological polar surface area (TPSA) is 32.3 Å². The van der Waals surface area contributed by atoms with Crippen LogP contribution in [0.2, 0.25) is 0 Å². The highest BCUT2D eigenvalue weighted by molar-refractivity contribution is 5.76. The summed E-state index contributed by atoms with van der Waals surface area (Å²) in [6, 6.07) is 0. The van der Waals surface area contributed by atoms with Gasteiger partial charge in [-0.2, -0.15) is 0 Å². The van der Waals surface area contributed by atoms with E-state index >= 15 is 0 Å². The van der Waals surface area contributed by atoms with Crippen LogP contribution in [0.4, 0.5) is 0 Å². The Labute approximate surface area is 123 Å². The average molecular weight is 278 g/mol. The minimum Gasteiger partial charge on any atom is -0.339 e. The number of amides is 1. The smallest absolute Gasteiger partial charge is 0.222 e. The summed E-state index contributed by atoms with van der Waals surface area (Å²) in [6.45, 7) is 10.8. The zero-order chi connectivity index (χ0) is 14.6. The molecule has 0 aliphatic carbocycles. The molecule has 1 fully saturated rings. The fourth-order valence-electron chi connectivity index (χ4n) is 3.23. The number of nitrogens with zero attached hydrogens (tertiary/aromatic N) is 1. The van der Waals surface area contributed by atoms with Crippen LogP contribution in [0.15, 0.2) is 11.6 Å². The number of hydrogen-bond acceptors (Lipinski definition) is 2. The van der Waals surface area contributed by atoms with Crippen molar-refractivity contribution in [1.82, 2.24) is 10.2 Å². The Morgan fingerprint density at radius 2 is 2.05 bits per heavy atom. The molecule has 1 amide bonds. The first-order valence-corrected chi connectivity index (χ1v) is 8.15. The van der Waals surface area contributed by atoms with Gasteiger partial charge in [-0.15, -0.1) is 0 Å². The number of carbonyl (C=O) groups is 1. The zero-order valence-electron chi connectivity index (χ0n) is 13.4. The predicted molar refractivity (Wildman–Crippen MR) is 83.6 cm³/mol. The molecular formula is C17H30N2O. The van der Waals surface area contributed by atoms with Gasteiger partial charge >= 0.3 is 0 Å². The summed E-state index contributed by atoms with van der Waals surface area (Å²) in [5.74, 6) is 1.11. The Morgan fingerprint density at radius 1 is 1.35 bits per heavy atom. The van der Waals surface area contributed by atoms with Crippen LogP contribution in [0.5, 0.6) is 0 Å². The maximum absolute atomic E-state index is 12.3. The first kappa shape index (κ1) is 15.6. The van der Waals surface area contributed by atoms with Gasteiger partial charge in [0.05, 0.1) is 0 Å². The van der Waals surface area contributed by atoms with Gasteiger partial charge in [0.1, 0.15) is 0 Å². The molecule has 0 unspecified atom stereocenters. The molecule has 1 N–H and O–H groups in total. The van der Waals surface area contributed by atoms with Gasteiger partial charge in [0.15, 0.2) is 0 Å². The summed E-state index contributed by atoms with van der Waals surface area (Å²) in [7, 11) is 0. The number of piperidine rings is 1. The van der Waals surface area contributed by atoms with Crippen molar-refractivity contribution in [1.29, 1.82) is 0 Å². The largest absolute Gasteiger partial charge is 0.339 e. The summed E-state index contributed by atoms with van der Waals surface area (Å²) in [5, 5.41) is 3.38. The molecule has 0 aromatic rings. The molecule has 3 nitrogen and oxygen atoms in total. The Morgan fingerprint density at radius 3 is 2.60 bits per heavy atom. The predicted octanol–water partition coefficient (Wildman–Crippen LogP) is 2.97. The van der Waals surface area contributed by atoms with Crippen molar-refractivity contribution in [2.45, 2.75) is 52.9 Å². The second-order valence-corrected chi connectivity index (χ2v) is 7.30. The van der Waals surface area contributed by atoms with Gasteiger partial charge in [-0.3, -0.25) is 4.79 Å². The second kappa shape index (κ2) is 6.75. The molecule has 0 atom stereocenters. The average Bonchev–Trinajstić information content (AvgIpc) is 2.45. The third-order valence-electron chi connectivity index (χ3n) is 4.75. The van der Waals surface area contributed by atoms with Crippen LogP contribution in [0.3, 0.4) is 0 Å². The lowest BCUT2D eigenvalue weighted by Gasteiger charge is -2.32. The van der Waals surface area contributed by atoms with Gasteiger partial charge < -0.3 is 10.2 Å². The zero-order valence-corrected chi connectivity index (χ0v) is 13.4. The second-order valence-electron chi connectivity index (χ2n) is 7.30. The van der Waals surface area contributed by atoms with E-state index < -0.39 is 0 Å². The van der Waals surface area contributed by atoms with E-state index in [1.165, 1.54) is 18.4 Å². The van der Waals surface area contributed by atoms with Gasteiger partial charge in [-0.25, -0.2) is 0 Å². The number of nitrogens with one attached hydrogen (secondary N) is 1. The highest BCUT2D eigenvalue weighted by Gasteiger charge is 2.24. The summed E-state index contributed by atoms with van der Waals surface area (Å²) in [4.78, 5) is 14.3. The summed E-state index contributed by atoms with van der Waals surface area (Å²) < 4.78 is 0. The van der Waals surface area contributed by atoms with Gasteiger partial charge in [0.25, 0.3) is 0 Å². The lowest BCUT2D eigenvalue weighted by molar-refractivity contribution is -0.131. The van der Waals surface area contributed by atoms with Crippen LogP contribution in [-0.2, 0) is 4.79 Å². The van der Waals surface area contributed by atoms with Gasteiger partial charge in [0.2, 0.25) is 5.91 Å². The molecule has 0 saturated carbocycles. The van der Waals surface area contributed by atoms with Gasteiger partial charge in [-0.1, -0.05) is 32.4 Å². The molecule has 2 aliphatic rings. The summed E-state index contributed by atoms with van der Waals surface area (Å²) in [6.07, 6.45) is 7.60. The van der Waals surface area contributed by atoms with Crippen molar-refractivity contribution in [3.63, 3.8) is 0 Å². The minimum atomic E-state index is 0.254. The highest BCUT2D eigenvalue weighted by atomic mass is 16.2. The van der Waals surface area contributed by atoms with Crippen molar-refractivity contribution < 1.29 is 4.79 Å².